The Kier molecular flexibility index (Phi) is 5.46. The van der Waals surface area contributed by atoms with Gasteiger partial charge in [0.05, 0.1) is 11.4 Å². The standard InChI is InChI=1S/C17H22N2O4S/c1-12(2)18-24(21,22)16-9-6-14(7-10-16)17(20)19(4)11-15-8-5-13(3)23-15/h5-10,12,18H,11H2,1-4H3. The van der Waals surface area contributed by atoms with Crippen molar-refractivity contribution in [2.75, 3.05) is 7.05 Å². The van der Waals surface area contributed by atoms with Gasteiger partial charge in [-0.15, -0.1) is 0 Å². The van der Waals surface area contributed by atoms with Crippen molar-refractivity contribution < 1.29 is 17.6 Å². The van der Waals surface area contributed by atoms with Crippen LogP contribution in [-0.2, 0) is 16.6 Å². The number of nitrogens with one attached hydrogen (secondary N) is 1. The molecular weight excluding hydrogens is 328 g/mol. The first-order chi connectivity index (χ1) is 11.2. The Hall–Kier alpha value is -2.12. The fourth-order valence-electron chi connectivity index (χ4n) is 2.25. The van der Waals surface area contributed by atoms with Crippen LogP contribution in [0, 0.1) is 6.92 Å². The minimum Gasteiger partial charge on any atom is -0.464 e. The van der Waals surface area contributed by atoms with Crippen molar-refractivity contribution in [3.63, 3.8) is 0 Å². The number of carbonyl (C=O) groups is 1. The topological polar surface area (TPSA) is 79.6 Å². The molecule has 0 radical (unpaired) electrons. The lowest BCUT2D eigenvalue weighted by atomic mass is 10.2. The highest BCUT2D eigenvalue weighted by Crippen LogP contribution is 2.14. The number of amides is 1. The van der Waals surface area contributed by atoms with Crippen molar-refractivity contribution in [1.82, 2.24) is 9.62 Å². The average Bonchev–Trinajstić information content (AvgIpc) is 2.90. The summed E-state index contributed by atoms with van der Waals surface area (Å²) in [5, 5.41) is 0. The summed E-state index contributed by atoms with van der Waals surface area (Å²) >= 11 is 0. The van der Waals surface area contributed by atoms with Crippen LogP contribution in [0.5, 0.6) is 0 Å². The molecule has 2 rings (SSSR count). The van der Waals surface area contributed by atoms with Gasteiger partial charge in [0.25, 0.3) is 5.91 Å². The van der Waals surface area contributed by atoms with Crippen LogP contribution in [0.4, 0.5) is 0 Å². The zero-order valence-electron chi connectivity index (χ0n) is 14.2. The summed E-state index contributed by atoms with van der Waals surface area (Å²) in [5.74, 6) is 1.28. The van der Waals surface area contributed by atoms with Gasteiger partial charge in [0.2, 0.25) is 10.0 Å². The van der Waals surface area contributed by atoms with Gasteiger partial charge >= 0.3 is 0 Å². The van der Waals surface area contributed by atoms with E-state index in [2.05, 4.69) is 4.72 Å². The molecule has 0 saturated carbocycles. The molecule has 1 N–H and O–H groups in total. The molecule has 24 heavy (non-hydrogen) atoms. The van der Waals surface area contributed by atoms with Crippen LogP contribution >= 0.6 is 0 Å². The van der Waals surface area contributed by atoms with E-state index in [1.165, 1.54) is 29.2 Å². The number of nitrogens with zero attached hydrogens (tertiary/aromatic N) is 1. The van der Waals surface area contributed by atoms with Gasteiger partial charge in [-0.3, -0.25) is 4.79 Å². The summed E-state index contributed by atoms with van der Waals surface area (Å²) in [6, 6.07) is 9.37. The molecule has 130 valence electrons. The SMILES string of the molecule is Cc1ccc(CN(C)C(=O)c2ccc(S(=O)(=O)NC(C)C)cc2)o1. The lowest BCUT2D eigenvalue weighted by Crippen LogP contribution is -2.30. The Morgan fingerprint density at radius 3 is 2.29 bits per heavy atom. The van der Waals surface area contributed by atoms with Crippen LogP contribution in [0.15, 0.2) is 45.7 Å². The first-order valence-electron chi connectivity index (χ1n) is 7.62. The summed E-state index contributed by atoms with van der Waals surface area (Å²) in [6.07, 6.45) is 0. The van der Waals surface area contributed by atoms with Crippen molar-refractivity contribution in [3.05, 3.63) is 53.5 Å². The van der Waals surface area contributed by atoms with Crippen LogP contribution in [0.25, 0.3) is 0 Å². The van der Waals surface area contributed by atoms with Crippen LogP contribution < -0.4 is 4.72 Å². The summed E-state index contributed by atoms with van der Waals surface area (Å²) in [6.45, 7) is 5.69. The van der Waals surface area contributed by atoms with E-state index in [4.69, 9.17) is 4.42 Å². The third-order valence-corrected chi connectivity index (χ3v) is 5.01. The second-order valence-electron chi connectivity index (χ2n) is 5.97. The van der Waals surface area contributed by atoms with E-state index in [0.717, 1.165) is 5.76 Å². The van der Waals surface area contributed by atoms with Crippen LogP contribution in [0.1, 0.15) is 35.7 Å². The third-order valence-electron chi connectivity index (χ3n) is 3.34. The minimum absolute atomic E-state index is 0.136. The van der Waals surface area contributed by atoms with Crippen molar-refractivity contribution in [2.24, 2.45) is 0 Å². The van der Waals surface area contributed by atoms with Crippen LogP contribution in [0.3, 0.4) is 0 Å². The molecule has 6 nitrogen and oxygen atoms in total. The highest BCUT2D eigenvalue weighted by Gasteiger charge is 2.18. The molecule has 2 aromatic rings. The van der Waals surface area contributed by atoms with Crippen LogP contribution in [0.2, 0.25) is 0 Å². The lowest BCUT2D eigenvalue weighted by molar-refractivity contribution is 0.0775. The molecule has 0 atom stereocenters. The van der Waals surface area contributed by atoms with Gasteiger partial charge < -0.3 is 9.32 Å². The highest BCUT2D eigenvalue weighted by molar-refractivity contribution is 7.89. The van der Waals surface area contributed by atoms with Gasteiger partial charge in [0.15, 0.2) is 0 Å². The van der Waals surface area contributed by atoms with Crippen molar-refractivity contribution >= 4 is 15.9 Å². The maximum atomic E-state index is 12.4. The number of sulfonamides is 1. The number of aryl methyl sites for hydroxylation is 1. The van der Waals surface area contributed by atoms with Crippen molar-refractivity contribution in [1.29, 1.82) is 0 Å². The fraction of sp³-hybridized carbons (Fsp3) is 0.353. The zero-order chi connectivity index (χ0) is 17.9. The molecule has 0 unspecified atom stereocenters. The summed E-state index contributed by atoms with van der Waals surface area (Å²) < 4.78 is 32.1. The van der Waals surface area contributed by atoms with Crippen molar-refractivity contribution in [3.8, 4) is 0 Å². The molecule has 0 aliphatic carbocycles. The average molecular weight is 350 g/mol. The van der Waals surface area contributed by atoms with Gasteiger partial charge in [-0.2, -0.15) is 0 Å². The molecule has 7 heteroatoms. The van der Waals surface area contributed by atoms with E-state index in [1.54, 1.807) is 20.9 Å². The third kappa shape index (κ3) is 4.46. The molecule has 1 aromatic heterocycles. The van der Waals surface area contributed by atoms with E-state index in [0.29, 0.717) is 17.9 Å². The van der Waals surface area contributed by atoms with E-state index in [9.17, 15) is 13.2 Å². The highest BCUT2D eigenvalue weighted by atomic mass is 32.2. The first kappa shape index (κ1) is 18.2. The monoisotopic (exact) mass is 350 g/mol. The minimum atomic E-state index is -3.56. The van der Waals surface area contributed by atoms with E-state index >= 15 is 0 Å². The zero-order valence-corrected chi connectivity index (χ0v) is 15.1. The predicted molar refractivity (Wildman–Crippen MR) is 91.1 cm³/mol. The van der Waals surface area contributed by atoms with E-state index < -0.39 is 10.0 Å². The molecule has 0 aliphatic rings. The molecular formula is C17H22N2O4S. The largest absolute Gasteiger partial charge is 0.464 e. The molecule has 0 aliphatic heterocycles. The normalized spacial score (nSPS) is 11.7. The molecule has 1 aromatic carbocycles. The molecule has 1 heterocycles. The maximum Gasteiger partial charge on any atom is 0.254 e. The summed E-state index contributed by atoms with van der Waals surface area (Å²) in [7, 11) is -1.89. The van der Waals surface area contributed by atoms with Gasteiger partial charge in [-0.25, -0.2) is 13.1 Å². The quantitative estimate of drug-likeness (QED) is 0.868. The number of rotatable bonds is 6. The second-order valence-corrected chi connectivity index (χ2v) is 7.69. The van der Waals surface area contributed by atoms with Crippen molar-refractivity contribution in [2.45, 2.75) is 38.3 Å². The molecule has 1 amide bonds. The Balaban J connectivity index is 2.10. The lowest BCUT2D eigenvalue weighted by Gasteiger charge is -2.16. The number of benzene rings is 1. The Morgan fingerprint density at radius 1 is 1.17 bits per heavy atom. The predicted octanol–water partition coefficient (Wildman–Crippen LogP) is 2.55. The van der Waals surface area contributed by atoms with Gasteiger partial charge in [-0.1, -0.05) is 0 Å². The van der Waals surface area contributed by atoms with Crippen LogP contribution in [-0.4, -0.2) is 32.3 Å². The Labute approximate surface area is 142 Å². The summed E-state index contributed by atoms with van der Waals surface area (Å²) in [4.78, 5) is 14.1. The fourth-order valence-corrected chi connectivity index (χ4v) is 3.50. The number of furan rings is 1. The maximum absolute atomic E-state index is 12.4. The first-order valence-corrected chi connectivity index (χ1v) is 9.10. The smallest absolute Gasteiger partial charge is 0.254 e. The van der Waals surface area contributed by atoms with Gasteiger partial charge in [0.1, 0.15) is 11.5 Å². The molecule has 0 spiro atoms. The number of hydrogen-bond donors (Lipinski definition) is 1. The number of carbonyl (C=O) groups excluding carboxylic acids is 1. The van der Waals surface area contributed by atoms with Gasteiger partial charge in [0, 0.05) is 18.7 Å². The van der Waals surface area contributed by atoms with E-state index in [-0.39, 0.29) is 16.8 Å². The molecule has 0 bridgehead atoms. The van der Waals surface area contributed by atoms with Gasteiger partial charge in [-0.05, 0) is 57.2 Å². The van der Waals surface area contributed by atoms with E-state index in [1.807, 2.05) is 19.1 Å². The second kappa shape index (κ2) is 7.19. The number of hydrogen-bond acceptors (Lipinski definition) is 4. The summed E-state index contributed by atoms with van der Waals surface area (Å²) in [5.41, 5.74) is 0.421. The Morgan fingerprint density at radius 2 is 1.79 bits per heavy atom. The Bertz CT molecular complexity index is 807. The molecule has 0 saturated heterocycles. The molecule has 0 fully saturated rings.